The van der Waals surface area contributed by atoms with E-state index in [4.69, 9.17) is 31.1 Å². The topological polar surface area (TPSA) is 167 Å². The number of esters is 3. The Labute approximate surface area is 181 Å². The molecule has 1 saturated heterocycles. The molecule has 4 atom stereocenters. The summed E-state index contributed by atoms with van der Waals surface area (Å²) in [6.07, 6.45) is 1.91. The zero-order valence-corrected chi connectivity index (χ0v) is 17.5. The number of nitrogen functional groups attached to an aromatic ring is 1. The van der Waals surface area contributed by atoms with E-state index in [2.05, 4.69) is 15.9 Å². The highest BCUT2D eigenvalue weighted by Gasteiger charge is 2.51. The minimum absolute atomic E-state index is 0.0645. The second kappa shape index (κ2) is 9.06. The van der Waals surface area contributed by atoms with Gasteiger partial charge in [-0.05, 0) is 0 Å². The molecule has 3 rings (SSSR count). The molecule has 1 aliphatic heterocycles. The summed E-state index contributed by atoms with van der Waals surface area (Å²) >= 11 is 0. The molecule has 1 fully saturated rings. The van der Waals surface area contributed by atoms with Gasteiger partial charge < -0.3 is 24.7 Å². The van der Waals surface area contributed by atoms with Gasteiger partial charge in [-0.2, -0.15) is 4.98 Å². The third kappa shape index (κ3) is 4.40. The Kier molecular flexibility index (Phi) is 6.45. The Balaban J connectivity index is 2.17. The van der Waals surface area contributed by atoms with Crippen molar-refractivity contribution in [1.29, 1.82) is 0 Å². The monoisotopic (exact) mass is 447 g/mol. The summed E-state index contributed by atoms with van der Waals surface area (Å²) < 4.78 is 23.9. The first-order valence-electron chi connectivity index (χ1n) is 9.44. The van der Waals surface area contributed by atoms with Crippen LogP contribution in [0.1, 0.15) is 27.0 Å². The number of terminal acetylenes is 1. The summed E-state index contributed by atoms with van der Waals surface area (Å²) in [7, 11) is 0. The van der Waals surface area contributed by atoms with Gasteiger partial charge in [0.2, 0.25) is 5.95 Å². The predicted molar refractivity (Wildman–Crippen MR) is 107 cm³/mol. The summed E-state index contributed by atoms with van der Waals surface area (Å²) in [5.41, 5.74) is 5.39. The number of nitrogens with zero attached hydrogens (tertiary/aromatic N) is 4. The van der Waals surface area contributed by atoms with Gasteiger partial charge in [-0.15, -0.1) is 6.42 Å². The van der Waals surface area contributed by atoms with E-state index in [0.717, 1.165) is 18.4 Å². The summed E-state index contributed by atoms with van der Waals surface area (Å²) in [4.78, 5) is 56.1. The fourth-order valence-electron chi connectivity index (χ4n) is 3.45. The molecule has 0 saturated carbocycles. The third-order valence-corrected chi connectivity index (χ3v) is 4.57. The zero-order valence-electron chi connectivity index (χ0n) is 17.5. The Hall–Kier alpha value is -3.92. The maximum absolute atomic E-state index is 13.2. The molecule has 170 valence electrons. The number of aromatic nitrogens is 4. The summed E-state index contributed by atoms with van der Waals surface area (Å²) in [5, 5.41) is 0. The summed E-state index contributed by atoms with van der Waals surface area (Å²) in [6.45, 7) is 3.06. The van der Waals surface area contributed by atoms with Crippen molar-refractivity contribution >= 4 is 35.0 Å². The van der Waals surface area contributed by atoms with Crippen molar-refractivity contribution in [2.45, 2.75) is 51.9 Å². The highest BCUT2D eigenvalue weighted by Crippen LogP contribution is 2.35. The van der Waals surface area contributed by atoms with Crippen molar-refractivity contribution in [2.24, 2.45) is 0 Å². The second-order valence-electron chi connectivity index (χ2n) is 6.90. The van der Waals surface area contributed by atoms with Gasteiger partial charge in [0, 0.05) is 20.8 Å². The fraction of sp³-hybridized carbons (Fsp3) is 0.474. The molecule has 0 unspecified atom stereocenters. The van der Waals surface area contributed by atoms with Gasteiger partial charge in [-0.1, -0.05) is 5.92 Å². The molecule has 0 spiro atoms. The molecule has 0 radical (unpaired) electrons. The molecule has 0 bridgehead atoms. The maximum Gasteiger partial charge on any atom is 0.333 e. The molecule has 0 aliphatic carbocycles. The Bertz CT molecular complexity index is 1160. The van der Waals surface area contributed by atoms with E-state index in [1.807, 2.05) is 0 Å². The van der Waals surface area contributed by atoms with Crippen LogP contribution in [0.4, 0.5) is 5.95 Å². The first kappa shape index (κ1) is 22.8. The maximum atomic E-state index is 13.2. The number of anilines is 1. The molecule has 13 heteroatoms. The van der Waals surface area contributed by atoms with E-state index in [9.17, 15) is 19.2 Å². The van der Waals surface area contributed by atoms with E-state index < -0.39 is 48.1 Å². The average molecular weight is 447 g/mol. The molecule has 2 N–H and O–H groups in total. The lowest BCUT2D eigenvalue weighted by Gasteiger charge is -2.23. The Morgan fingerprint density at radius 1 is 1.19 bits per heavy atom. The van der Waals surface area contributed by atoms with E-state index in [-0.39, 0.29) is 30.3 Å². The van der Waals surface area contributed by atoms with Crippen molar-refractivity contribution in [3.63, 3.8) is 0 Å². The lowest BCUT2D eigenvalue weighted by Crippen LogP contribution is -2.41. The largest absolute Gasteiger partial charge is 0.463 e. The number of carbonyl (C=O) groups is 3. The van der Waals surface area contributed by atoms with Gasteiger partial charge in [-0.25, -0.2) is 14.3 Å². The van der Waals surface area contributed by atoms with Crippen LogP contribution in [0.3, 0.4) is 0 Å². The van der Waals surface area contributed by atoms with E-state index in [1.54, 1.807) is 0 Å². The third-order valence-electron chi connectivity index (χ3n) is 4.57. The van der Waals surface area contributed by atoms with Crippen LogP contribution in [-0.2, 0) is 39.9 Å². The highest BCUT2D eigenvalue weighted by atomic mass is 16.7. The van der Waals surface area contributed by atoms with Crippen molar-refractivity contribution < 1.29 is 33.3 Å². The Morgan fingerprint density at radius 3 is 2.44 bits per heavy atom. The standard InChI is InChI=1S/C19H21N5O8/c1-5-6-23-12-7-21-18(20)22-16(12)24(19(23)28)17-15(31-11(4)27)14(30-10(3)26)13(32-17)8-29-9(2)25/h1,7,13-15,17H,6,8H2,2-4H3,(H2,20,21,22)/t13-,14-,15-,17-/m1/s1. The van der Waals surface area contributed by atoms with Gasteiger partial charge in [0.25, 0.3) is 0 Å². The number of carbonyl (C=O) groups excluding carboxylic acids is 3. The minimum atomic E-state index is -1.30. The fourth-order valence-corrected chi connectivity index (χ4v) is 3.45. The number of hydrogen-bond acceptors (Lipinski definition) is 11. The van der Waals surface area contributed by atoms with Crippen molar-refractivity contribution in [3.8, 4) is 12.3 Å². The summed E-state index contributed by atoms with van der Waals surface area (Å²) in [6, 6.07) is 0. The van der Waals surface area contributed by atoms with Crippen molar-refractivity contribution in [3.05, 3.63) is 16.7 Å². The number of imidazole rings is 1. The highest BCUT2D eigenvalue weighted by molar-refractivity contribution is 5.72. The van der Waals surface area contributed by atoms with Crippen LogP contribution < -0.4 is 11.4 Å². The van der Waals surface area contributed by atoms with Crippen molar-refractivity contribution in [2.75, 3.05) is 12.3 Å². The molecule has 1 aliphatic rings. The summed E-state index contributed by atoms with van der Waals surface area (Å²) in [5.74, 6) is 0.218. The Morgan fingerprint density at radius 2 is 1.84 bits per heavy atom. The zero-order chi connectivity index (χ0) is 23.6. The number of nitrogens with two attached hydrogens (primary N) is 1. The average Bonchev–Trinajstić information content (AvgIpc) is 3.14. The van der Waals surface area contributed by atoms with E-state index in [1.165, 1.54) is 17.7 Å². The van der Waals surface area contributed by atoms with Gasteiger partial charge >= 0.3 is 23.6 Å². The lowest BCUT2D eigenvalue weighted by molar-refractivity contribution is -0.166. The van der Waals surface area contributed by atoms with E-state index in [0.29, 0.717) is 0 Å². The van der Waals surface area contributed by atoms with Crippen LogP contribution in [0.25, 0.3) is 11.2 Å². The smallest absolute Gasteiger partial charge is 0.333 e. The van der Waals surface area contributed by atoms with Crippen molar-refractivity contribution in [1.82, 2.24) is 19.1 Å². The van der Waals surface area contributed by atoms with E-state index >= 15 is 0 Å². The number of ether oxygens (including phenoxy) is 4. The predicted octanol–water partition coefficient (Wildman–Crippen LogP) is -0.868. The van der Waals surface area contributed by atoms with Gasteiger partial charge in [0.15, 0.2) is 24.1 Å². The molecule has 2 aromatic rings. The molecule has 3 heterocycles. The lowest BCUT2D eigenvalue weighted by atomic mass is 10.1. The molecule has 2 aromatic heterocycles. The number of rotatable bonds is 6. The van der Waals surface area contributed by atoms with Crippen LogP contribution in [0.2, 0.25) is 0 Å². The molecule has 0 amide bonds. The van der Waals surface area contributed by atoms with Crippen LogP contribution in [0, 0.1) is 12.3 Å². The molecule has 32 heavy (non-hydrogen) atoms. The first-order chi connectivity index (χ1) is 15.1. The van der Waals surface area contributed by atoms with Gasteiger partial charge in [-0.3, -0.25) is 19.0 Å². The van der Waals surface area contributed by atoms with Crippen LogP contribution >= 0.6 is 0 Å². The first-order valence-corrected chi connectivity index (χ1v) is 9.44. The SMILES string of the molecule is C#CCn1c(=O)n([C@@H]2O[C@H](COC(C)=O)[C@@H](OC(C)=O)[C@H]2OC(C)=O)c2nc(N)ncc21. The minimum Gasteiger partial charge on any atom is -0.463 e. The molecular weight excluding hydrogens is 426 g/mol. The van der Waals surface area contributed by atoms with Gasteiger partial charge in [0.1, 0.15) is 18.2 Å². The number of fused-ring (bicyclic) bond motifs is 1. The normalized spacial score (nSPS) is 22.3. The van der Waals surface area contributed by atoms with Crippen LogP contribution in [0.5, 0.6) is 0 Å². The van der Waals surface area contributed by atoms with Crippen LogP contribution in [0.15, 0.2) is 11.0 Å². The molecular formula is C19H21N5O8. The van der Waals surface area contributed by atoms with Crippen LogP contribution in [-0.4, -0.2) is 61.9 Å². The molecule has 0 aromatic carbocycles. The van der Waals surface area contributed by atoms with Gasteiger partial charge in [0.05, 0.1) is 12.7 Å². The molecule has 13 nitrogen and oxygen atoms in total. The second-order valence-corrected chi connectivity index (χ2v) is 6.90. The quantitative estimate of drug-likeness (QED) is 0.332. The number of hydrogen-bond donors (Lipinski definition) is 1.